The number of ketones is 2. The highest BCUT2D eigenvalue weighted by atomic mass is 16.5. The van der Waals surface area contributed by atoms with Crippen LogP contribution in [0.3, 0.4) is 0 Å². The van der Waals surface area contributed by atoms with E-state index in [4.69, 9.17) is 14.2 Å². The third kappa shape index (κ3) is 4.58. The molecule has 3 aliphatic rings. The van der Waals surface area contributed by atoms with Crippen LogP contribution in [0.1, 0.15) is 69.8 Å². The molecule has 1 aromatic rings. The highest BCUT2D eigenvalue weighted by Crippen LogP contribution is 2.50. The molecule has 33 heavy (non-hydrogen) atoms. The normalized spacial score (nSPS) is 19.1. The molecule has 0 radical (unpaired) electrons. The SMILES string of the molecule is CCCOc1ccc(C2C3=C(CCCC3=O)N(CCCOC)C3=C2C(=O)CCC3)cc1OC. The van der Waals surface area contributed by atoms with Gasteiger partial charge in [-0.3, -0.25) is 9.59 Å². The minimum atomic E-state index is -0.330. The smallest absolute Gasteiger partial charge is 0.161 e. The summed E-state index contributed by atoms with van der Waals surface area (Å²) in [7, 11) is 3.33. The Balaban J connectivity index is 1.83. The van der Waals surface area contributed by atoms with Crippen LogP contribution >= 0.6 is 0 Å². The summed E-state index contributed by atoms with van der Waals surface area (Å²) in [6.45, 7) is 4.10. The van der Waals surface area contributed by atoms with E-state index in [1.165, 1.54) is 0 Å². The summed E-state index contributed by atoms with van der Waals surface area (Å²) >= 11 is 0. The van der Waals surface area contributed by atoms with Crippen molar-refractivity contribution in [2.24, 2.45) is 0 Å². The molecule has 4 rings (SSSR count). The van der Waals surface area contributed by atoms with Crippen molar-refractivity contribution >= 4 is 11.6 Å². The molecule has 0 atom stereocenters. The zero-order valence-electron chi connectivity index (χ0n) is 20.1. The fourth-order valence-corrected chi connectivity index (χ4v) is 5.38. The molecule has 1 aliphatic heterocycles. The molecule has 1 aromatic carbocycles. The van der Waals surface area contributed by atoms with Gasteiger partial charge in [-0.15, -0.1) is 0 Å². The van der Waals surface area contributed by atoms with Crippen molar-refractivity contribution < 1.29 is 23.8 Å². The van der Waals surface area contributed by atoms with Gasteiger partial charge in [-0.05, 0) is 56.2 Å². The van der Waals surface area contributed by atoms with Gasteiger partial charge in [0.15, 0.2) is 23.1 Å². The number of carbonyl (C=O) groups excluding carboxylic acids is 2. The Labute approximate surface area is 196 Å². The second-order valence-corrected chi connectivity index (χ2v) is 8.96. The van der Waals surface area contributed by atoms with Crippen LogP contribution in [0.5, 0.6) is 11.5 Å². The number of ether oxygens (including phenoxy) is 3. The van der Waals surface area contributed by atoms with E-state index in [0.717, 1.165) is 73.2 Å². The Morgan fingerprint density at radius 2 is 1.58 bits per heavy atom. The molecular formula is C27H35NO5. The van der Waals surface area contributed by atoms with Crippen molar-refractivity contribution in [1.29, 1.82) is 0 Å². The monoisotopic (exact) mass is 453 g/mol. The molecule has 0 N–H and O–H groups in total. The third-order valence-electron chi connectivity index (χ3n) is 6.80. The quantitative estimate of drug-likeness (QED) is 0.494. The van der Waals surface area contributed by atoms with E-state index in [0.29, 0.717) is 37.6 Å². The first kappa shape index (κ1) is 23.6. The molecule has 2 aliphatic carbocycles. The van der Waals surface area contributed by atoms with Gasteiger partial charge in [0.2, 0.25) is 0 Å². The first-order valence-electron chi connectivity index (χ1n) is 12.2. The van der Waals surface area contributed by atoms with Crippen LogP contribution in [0.15, 0.2) is 40.7 Å². The van der Waals surface area contributed by atoms with E-state index in [-0.39, 0.29) is 17.5 Å². The van der Waals surface area contributed by atoms with Gasteiger partial charge < -0.3 is 19.1 Å². The highest BCUT2D eigenvalue weighted by molar-refractivity contribution is 6.06. The Kier molecular flexibility index (Phi) is 7.53. The molecular weight excluding hydrogens is 418 g/mol. The molecule has 0 spiro atoms. The number of benzene rings is 1. The minimum absolute atomic E-state index is 0.160. The van der Waals surface area contributed by atoms with Gasteiger partial charge in [0, 0.05) is 61.6 Å². The van der Waals surface area contributed by atoms with Crippen molar-refractivity contribution in [2.75, 3.05) is 34.0 Å². The molecule has 6 nitrogen and oxygen atoms in total. The Morgan fingerprint density at radius 3 is 2.15 bits per heavy atom. The maximum absolute atomic E-state index is 13.3. The van der Waals surface area contributed by atoms with Crippen molar-refractivity contribution in [3.8, 4) is 11.5 Å². The Morgan fingerprint density at radius 1 is 0.909 bits per heavy atom. The molecule has 1 heterocycles. The van der Waals surface area contributed by atoms with Gasteiger partial charge in [0.25, 0.3) is 0 Å². The number of methoxy groups -OCH3 is 2. The van der Waals surface area contributed by atoms with Gasteiger partial charge in [0.1, 0.15) is 0 Å². The van der Waals surface area contributed by atoms with Crippen LogP contribution in [-0.2, 0) is 14.3 Å². The van der Waals surface area contributed by atoms with E-state index in [9.17, 15) is 9.59 Å². The molecule has 0 aromatic heterocycles. The Hall–Kier alpha value is -2.60. The number of hydrogen-bond acceptors (Lipinski definition) is 6. The summed E-state index contributed by atoms with van der Waals surface area (Å²) in [6.07, 6.45) is 6.27. The van der Waals surface area contributed by atoms with Gasteiger partial charge in [-0.1, -0.05) is 13.0 Å². The topological polar surface area (TPSA) is 65.1 Å². The van der Waals surface area contributed by atoms with Gasteiger partial charge >= 0.3 is 0 Å². The lowest BCUT2D eigenvalue weighted by Gasteiger charge is -2.44. The minimum Gasteiger partial charge on any atom is -0.493 e. The summed E-state index contributed by atoms with van der Waals surface area (Å²) < 4.78 is 16.8. The first-order valence-corrected chi connectivity index (χ1v) is 12.2. The molecule has 0 unspecified atom stereocenters. The van der Waals surface area contributed by atoms with Crippen LogP contribution in [0, 0.1) is 0 Å². The molecule has 0 fully saturated rings. The fourth-order valence-electron chi connectivity index (χ4n) is 5.38. The number of rotatable bonds is 9. The summed E-state index contributed by atoms with van der Waals surface area (Å²) in [6, 6.07) is 5.86. The van der Waals surface area contributed by atoms with E-state index >= 15 is 0 Å². The third-order valence-corrected chi connectivity index (χ3v) is 6.80. The Bertz CT molecular complexity index is 933. The second-order valence-electron chi connectivity index (χ2n) is 8.96. The molecule has 0 saturated carbocycles. The van der Waals surface area contributed by atoms with Gasteiger partial charge in [-0.25, -0.2) is 0 Å². The zero-order chi connectivity index (χ0) is 23.4. The average Bonchev–Trinajstić information content (AvgIpc) is 2.83. The molecule has 178 valence electrons. The number of allylic oxidation sites excluding steroid dienone is 4. The molecule has 6 heteroatoms. The average molecular weight is 454 g/mol. The number of nitrogens with zero attached hydrogens (tertiary/aromatic N) is 1. The standard InChI is InChI=1S/C27H35NO5/c1-4-15-33-23-13-12-18(17-24(23)32-3)25-26-19(8-5-10-21(26)29)28(14-7-16-31-2)20-9-6-11-22(30)27(20)25/h12-13,17,25H,4-11,14-16H2,1-3H3. The lowest BCUT2D eigenvalue weighted by Crippen LogP contribution is -2.39. The van der Waals surface area contributed by atoms with E-state index in [2.05, 4.69) is 11.8 Å². The maximum Gasteiger partial charge on any atom is 0.161 e. The second kappa shape index (κ2) is 10.6. The number of carbonyl (C=O) groups is 2. The summed E-state index contributed by atoms with van der Waals surface area (Å²) in [4.78, 5) is 28.9. The van der Waals surface area contributed by atoms with E-state index < -0.39 is 0 Å². The molecule has 0 bridgehead atoms. The van der Waals surface area contributed by atoms with Crippen LogP contribution in [0.2, 0.25) is 0 Å². The predicted molar refractivity (Wildman–Crippen MR) is 126 cm³/mol. The van der Waals surface area contributed by atoms with Crippen molar-refractivity contribution in [3.63, 3.8) is 0 Å². The largest absolute Gasteiger partial charge is 0.493 e. The van der Waals surface area contributed by atoms with Crippen LogP contribution in [-0.4, -0.2) is 50.4 Å². The lowest BCUT2D eigenvalue weighted by atomic mass is 9.71. The van der Waals surface area contributed by atoms with Crippen molar-refractivity contribution in [2.45, 2.75) is 64.2 Å². The highest BCUT2D eigenvalue weighted by Gasteiger charge is 2.43. The van der Waals surface area contributed by atoms with Crippen LogP contribution in [0.25, 0.3) is 0 Å². The maximum atomic E-state index is 13.3. The van der Waals surface area contributed by atoms with Crippen molar-refractivity contribution in [3.05, 3.63) is 46.3 Å². The first-order chi connectivity index (χ1) is 16.1. The summed E-state index contributed by atoms with van der Waals surface area (Å²) in [5, 5.41) is 0. The number of hydrogen-bond donors (Lipinski definition) is 0. The molecule has 0 saturated heterocycles. The lowest BCUT2D eigenvalue weighted by molar-refractivity contribution is -0.117. The van der Waals surface area contributed by atoms with Gasteiger partial charge in [-0.2, -0.15) is 0 Å². The zero-order valence-corrected chi connectivity index (χ0v) is 20.1. The van der Waals surface area contributed by atoms with Crippen molar-refractivity contribution in [1.82, 2.24) is 4.90 Å². The van der Waals surface area contributed by atoms with Crippen LogP contribution in [0.4, 0.5) is 0 Å². The molecule has 0 amide bonds. The van der Waals surface area contributed by atoms with E-state index in [1.54, 1.807) is 14.2 Å². The van der Waals surface area contributed by atoms with Crippen LogP contribution < -0.4 is 9.47 Å². The fraction of sp³-hybridized carbons (Fsp3) is 0.556. The number of Topliss-reactive ketones (excluding diaryl/α,β-unsaturated/α-hetero) is 2. The predicted octanol–water partition coefficient (Wildman–Crippen LogP) is 4.93. The van der Waals surface area contributed by atoms with Gasteiger partial charge in [0.05, 0.1) is 13.7 Å². The summed E-state index contributed by atoms with van der Waals surface area (Å²) in [5.74, 6) is 1.32. The summed E-state index contributed by atoms with van der Waals surface area (Å²) in [5.41, 5.74) is 4.74. The van der Waals surface area contributed by atoms with E-state index in [1.807, 2.05) is 18.2 Å².